The zero-order valence-electron chi connectivity index (χ0n) is 12.0. The second kappa shape index (κ2) is 6.00. The van der Waals surface area contributed by atoms with E-state index >= 15 is 0 Å². The van der Waals surface area contributed by atoms with Gasteiger partial charge in [-0.1, -0.05) is 36.4 Å². The smallest absolute Gasteiger partial charge is 0.122 e. The molecule has 3 nitrogen and oxygen atoms in total. The molecule has 0 bridgehead atoms. The summed E-state index contributed by atoms with van der Waals surface area (Å²) in [6.45, 7) is 0.679. The summed E-state index contributed by atoms with van der Waals surface area (Å²) in [6.07, 6.45) is 3.56. The number of amidine groups is 1. The van der Waals surface area contributed by atoms with Gasteiger partial charge < -0.3 is 10.5 Å². The number of rotatable bonds is 4. The van der Waals surface area contributed by atoms with Gasteiger partial charge in [0, 0.05) is 11.5 Å². The van der Waals surface area contributed by atoms with Crippen LogP contribution in [0.15, 0.2) is 48.5 Å². The molecule has 3 heteroatoms. The Bertz CT molecular complexity index is 651. The summed E-state index contributed by atoms with van der Waals surface area (Å²) in [5, 5.41) is 7.48. The molecule has 0 saturated heterocycles. The fourth-order valence-electron chi connectivity index (χ4n) is 2.98. The molecule has 1 atom stereocenters. The van der Waals surface area contributed by atoms with Crippen LogP contribution in [0.3, 0.4) is 0 Å². The number of fused-ring (bicyclic) bond motifs is 1. The summed E-state index contributed by atoms with van der Waals surface area (Å²) in [7, 11) is 0. The first-order valence-electron chi connectivity index (χ1n) is 7.39. The lowest BCUT2D eigenvalue weighted by atomic mass is 9.83. The Hall–Kier alpha value is -2.29. The van der Waals surface area contributed by atoms with Crippen LogP contribution in [0.2, 0.25) is 0 Å². The van der Waals surface area contributed by atoms with E-state index in [1.807, 2.05) is 24.3 Å². The van der Waals surface area contributed by atoms with Crippen molar-refractivity contribution in [1.82, 2.24) is 0 Å². The van der Waals surface area contributed by atoms with E-state index in [4.69, 9.17) is 15.9 Å². The molecule has 108 valence electrons. The van der Waals surface area contributed by atoms with E-state index in [-0.39, 0.29) is 5.84 Å². The van der Waals surface area contributed by atoms with Crippen molar-refractivity contribution in [3.05, 3.63) is 65.2 Å². The molecule has 2 aromatic carbocycles. The molecular weight excluding hydrogens is 260 g/mol. The number of nitrogens with one attached hydrogen (secondary N) is 1. The van der Waals surface area contributed by atoms with Crippen LogP contribution in [0.25, 0.3) is 0 Å². The molecular formula is C18H20N2O. The average molecular weight is 280 g/mol. The number of ether oxygens (including phenoxy) is 1. The quantitative estimate of drug-likeness (QED) is 0.665. The molecule has 0 heterocycles. The molecule has 0 amide bonds. The Morgan fingerprint density at radius 1 is 1.19 bits per heavy atom. The standard InChI is InChI=1S/C18H20N2O/c19-18(20)14-7-4-9-16(11-14)21-12-15-8-3-6-13-5-1-2-10-17(13)15/h1-2,4-5,7,9-11,15H,3,6,8,12H2,(H3,19,20). The molecule has 3 rings (SSSR count). The highest BCUT2D eigenvalue weighted by molar-refractivity contribution is 5.95. The molecule has 0 radical (unpaired) electrons. The van der Waals surface area contributed by atoms with Crippen LogP contribution in [0.1, 0.15) is 35.4 Å². The van der Waals surface area contributed by atoms with Gasteiger partial charge in [-0.15, -0.1) is 0 Å². The van der Waals surface area contributed by atoms with Crippen LogP contribution in [-0.2, 0) is 6.42 Å². The Kier molecular flexibility index (Phi) is 3.91. The topological polar surface area (TPSA) is 59.1 Å². The van der Waals surface area contributed by atoms with Crippen molar-refractivity contribution in [1.29, 1.82) is 5.41 Å². The molecule has 0 saturated carbocycles. The summed E-state index contributed by atoms with van der Waals surface area (Å²) in [6, 6.07) is 16.1. The number of nitrogen functional groups attached to an aromatic ring is 1. The Morgan fingerprint density at radius 3 is 2.90 bits per heavy atom. The van der Waals surface area contributed by atoms with Gasteiger partial charge in [0.1, 0.15) is 11.6 Å². The summed E-state index contributed by atoms with van der Waals surface area (Å²) in [5.74, 6) is 1.31. The van der Waals surface area contributed by atoms with Gasteiger partial charge in [0.15, 0.2) is 0 Å². The third kappa shape index (κ3) is 3.07. The summed E-state index contributed by atoms with van der Waals surface area (Å²) in [4.78, 5) is 0. The number of nitrogens with two attached hydrogens (primary N) is 1. The third-order valence-corrected chi connectivity index (χ3v) is 4.09. The van der Waals surface area contributed by atoms with Crippen LogP contribution in [0.4, 0.5) is 0 Å². The van der Waals surface area contributed by atoms with E-state index in [9.17, 15) is 0 Å². The predicted octanol–water partition coefficient (Wildman–Crippen LogP) is 3.47. The minimum atomic E-state index is 0.0727. The van der Waals surface area contributed by atoms with Gasteiger partial charge in [-0.3, -0.25) is 5.41 Å². The average Bonchev–Trinajstić information content (AvgIpc) is 2.53. The van der Waals surface area contributed by atoms with E-state index < -0.39 is 0 Å². The van der Waals surface area contributed by atoms with Gasteiger partial charge in [0.25, 0.3) is 0 Å². The van der Waals surface area contributed by atoms with Gasteiger partial charge in [0.2, 0.25) is 0 Å². The first kappa shape index (κ1) is 13.7. The van der Waals surface area contributed by atoms with Crippen molar-refractivity contribution in [2.45, 2.75) is 25.2 Å². The van der Waals surface area contributed by atoms with E-state index in [1.165, 1.54) is 30.4 Å². The first-order chi connectivity index (χ1) is 10.2. The van der Waals surface area contributed by atoms with Gasteiger partial charge in [-0.25, -0.2) is 0 Å². The molecule has 1 unspecified atom stereocenters. The molecule has 0 aromatic heterocycles. The van der Waals surface area contributed by atoms with E-state index in [0.717, 1.165) is 5.75 Å². The van der Waals surface area contributed by atoms with Crippen molar-refractivity contribution in [3.63, 3.8) is 0 Å². The van der Waals surface area contributed by atoms with Crippen LogP contribution in [0.5, 0.6) is 5.75 Å². The van der Waals surface area contributed by atoms with E-state index in [2.05, 4.69) is 24.3 Å². The molecule has 0 spiro atoms. The Morgan fingerprint density at radius 2 is 2.05 bits per heavy atom. The molecule has 3 N–H and O–H groups in total. The highest BCUT2D eigenvalue weighted by Gasteiger charge is 2.20. The Balaban J connectivity index is 1.71. The predicted molar refractivity (Wildman–Crippen MR) is 85.1 cm³/mol. The number of hydrogen-bond acceptors (Lipinski definition) is 2. The SMILES string of the molecule is N=C(N)c1cccc(OCC2CCCc3ccccc32)c1. The molecule has 21 heavy (non-hydrogen) atoms. The lowest BCUT2D eigenvalue weighted by Crippen LogP contribution is -2.17. The maximum Gasteiger partial charge on any atom is 0.122 e. The van der Waals surface area contributed by atoms with E-state index in [0.29, 0.717) is 18.1 Å². The van der Waals surface area contributed by atoms with Crippen LogP contribution >= 0.6 is 0 Å². The monoisotopic (exact) mass is 280 g/mol. The van der Waals surface area contributed by atoms with Crippen molar-refractivity contribution in [2.24, 2.45) is 5.73 Å². The molecule has 1 aliphatic rings. The maximum atomic E-state index is 7.48. The normalized spacial score (nSPS) is 17.0. The summed E-state index contributed by atoms with van der Waals surface area (Å²) in [5.41, 5.74) is 9.09. The zero-order valence-corrected chi connectivity index (χ0v) is 12.0. The van der Waals surface area contributed by atoms with Crippen LogP contribution in [-0.4, -0.2) is 12.4 Å². The largest absolute Gasteiger partial charge is 0.493 e. The van der Waals surface area contributed by atoms with E-state index in [1.54, 1.807) is 0 Å². The van der Waals surface area contributed by atoms with Crippen molar-refractivity contribution < 1.29 is 4.74 Å². The third-order valence-electron chi connectivity index (χ3n) is 4.09. The number of aryl methyl sites for hydroxylation is 1. The minimum Gasteiger partial charge on any atom is -0.493 e. The van der Waals surface area contributed by atoms with Crippen molar-refractivity contribution >= 4 is 5.84 Å². The second-order valence-electron chi connectivity index (χ2n) is 5.54. The highest BCUT2D eigenvalue weighted by Crippen LogP contribution is 2.32. The fourth-order valence-corrected chi connectivity index (χ4v) is 2.98. The lowest BCUT2D eigenvalue weighted by Gasteiger charge is -2.25. The van der Waals surface area contributed by atoms with Gasteiger partial charge >= 0.3 is 0 Å². The fraction of sp³-hybridized carbons (Fsp3) is 0.278. The molecule has 2 aromatic rings. The highest BCUT2D eigenvalue weighted by atomic mass is 16.5. The summed E-state index contributed by atoms with van der Waals surface area (Å²) < 4.78 is 5.94. The minimum absolute atomic E-state index is 0.0727. The molecule has 0 fully saturated rings. The second-order valence-corrected chi connectivity index (χ2v) is 5.54. The van der Waals surface area contributed by atoms with Gasteiger partial charge in [-0.2, -0.15) is 0 Å². The van der Waals surface area contributed by atoms with Crippen LogP contribution < -0.4 is 10.5 Å². The van der Waals surface area contributed by atoms with Crippen molar-refractivity contribution in [3.8, 4) is 5.75 Å². The maximum absolute atomic E-state index is 7.48. The van der Waals surface area contributed by atoms with Crippen molar-refractivity contribution in [2.75, 3.05) is 6.61 Å². The van der Waals surface area contributed by atoms with Gasteiger partial charge in [-0.05, 0) is 42.5 Å². The number of hydrogen-bond donors (Lipinski definition) is 2. The van der Waals surface area contributed by atoms with Crippen LogP contribution in [0, 0.1) is 5.41 Å². The molecule has 0 aliphatic heterocycles. The molecule has 1 aliphatic carbocycles. The lowest BCUT2D eigenvalue weighted by molar-refractivity contribution is 0.274. The Labute approximate surface area is 125 Å². The zero-order chi connectivity index (χ0) is 14.7. The number of benzene rings is 2. The summed E-state index contributed by atoms with van der Waals surface area (Å²) >= 11 is 0. The first-order valence-corrected chi connectivity index (χ1v) is 7.39. The van der Waals surface area contributed by atoms with Gasteiger partial charge in [0.05, 0.1) is 6.61 Å².